The Kier molecular flexibility index (Phi) is 11.9. The molecule has 0 spiro atoms. The first kappa shape index (κ1) is 17.9. The second kappa shape index (κ2) is 12.0. The largest absolute Gasteiger partial charge is 0.379 e. The zero-order chi connectivity index (χ0) is 13.7. The van der Waals surface area contributed by atoms with Crippen LogP contribution in [0.2, 0.25) is 0 Å². The molecule has 18 heavy (non-hydrogen) atoms. The highest BCUT2D eigenvalue weighted by atomic mass is 16.5. The van der Waals surface area contributed by atoms with Crippen LogP contribution in [0.15, 0.2) is 0 Å². The summed E-state index contributed by atoms with van der Waals surface area (Å²) in [6, 6.07) is 0. The van der Waals surface area contributed by atoms with Gasteiger partial charge in [0.05, 0.1) is 13.2 Å². The van der Waals surface area contributed by atoms with Gasteiger partial charge in [-0.2, -0.15) is 0 Å². The van der Waals surface area contributed by atoms with Gasteiger partial charge in [0.25, 0.3) is 0 Å². The lowest BCUT2D eigenvalue weighted by atomic mass is 9.78. The van der Waals surface area contributed by atoms with Crippen molar-refractivity contribution in [3.05, 3.63) is 0 Å². The van der Waals surface area contributed by atoms with E-state index in [0.29, 0.717) is 5.41 Å². The number of hydrogen-bond acceptors (Lipinski definition) is 2. The smallest absolute Gasteiger partial charge is 0.0700 e. The van der Waals surface area contributed by atoms with Crippen molar-refractivity contribution in [2.75, 3.05) is 26.4 Å². The van der Waals surface area contributed by atoms with E-state index in [-0.39, 0.29) is 0 Å². The van der Waals surface area contributed by atoms with Crippen LogP contribution in [-0.2, 0) is 9.47 Å². The summed E-state index contributed by atoms with van der Waals surface area (Å²) < 4.78 is 10.9. The number of hydrogen-bond donors (Lipinski definition) is 0. The highest BCUT2D eigenvalue weighted by Gasteiger charge is 2.22. The van der Waals surface area contributed by atoms with Gasteiger partial charge in [-0.1, -0.05) is 46.5 Å². The average Bonchev–Trinajstić information content (AvgIpc) is 2.38. The van der Waals surface area contributed by atoms with Crippen LogP contribution in [0.1, 0.15) is 72.6 Å². The van der Waals surface area contributed by atoms with E-state index >= 15 is 0 Å². The summed E-state index contributed by atoms with van der Waals surface area (Å²) >= 11 is 0. The van der Waals surface area contributed by atoms with Crippen LogP contribution in [0.4, 0.5) is 0 Å². The molecule has 0 heterocycles. The van der Waals surface area contributed by atoms with Crippen molar-refractivity contribution >= 4 is 0 Å². The Bertz CT molecular complexity index is 160. The molecule has 0 N–H and O–H groups in total. The SMILES string of the molecule is CCCCC(C)(CCCC)CCOCCOCC. The number of rotatable bonds is 13. The minimum Gasteiger partial charge on any atom is -0.379 e. The molecule has 0 aliphatic rings. The lowest BCUT2D eigenvalue weighted by Gasteiger charge is -2.29. The predicted molar refractivity (Wildman–Crippen MR) is 79.1 cm³/mol. The van der Waals surface area contributed by atoms with Crippen LogP contribution in [0.3, 0.4) is 0 Å². The molecule has 0 radical (unpaired) electrons. The first-order valence-electron chi connectivity index (χ1n) is 7.84. The fraction of sp³-hybridized carbons (Fsp3) is 1.00. The third kappa shape index (κ3) is 9.90. The molecule has 0 saturated carbocycles. The Labute approximate surface area is 114 Å². The first-order chi connectivity index (χ1) is 8.68. The maximum atomic E-state index is 5.67. The van der Waals surface area contributed by atoms with E-state index in [2.05, 4.69) is 20.8 Å². The average molecular weight is 258 g/mol. The molecule has 0 aromatic carbocycles. The molecule has 0 fully saturated rings. The number of unbranched alkanes of at least 4 members (excludes halogenated alkanes) is 2. The van der Waals surface area contributed by atoms with Crippen molar-refractivity contribution in [2.45, 2.75) is 72.6 Å². The van der Waals surface area contributed by atoms with Gasteiger partial charge in [-0.3, -0.25) is 0 Å². The van der Waals surface area contributed by atoms with Crippen molar-refractivity contribution in [3.8, 4) is 0 Å². The van der Waals surface area contributed by atoms with Crippen LogP contribution in [-0.4, -0.2) is 26.4 Å². The van der Waals surface area contributed by atoms with Gasteiger partial charge < -0.3 is 9.47 Å². The molecule has 0 aromatic rings. The number of ether oxygens (including phenoxy) is 2. The van der Waals surface area contributed by atoms with Gasteiger partial charge in [0.2, 0.25) is 0 Å². The third-order valence-electron chi connectivity index (χ3n) is 3.69. The fourth-order valence-corrected chi connectivity index (χ4v) is 2.26. The van der Waals surface area contributed by atoms with Gasteiger partial charge in [-0.05, 0) is 31.6 Å². The summed E-state index contributed by atoms with van der Waals surface area (Å²) in [5.41, 5.74) is 0.484. The topological polar surface area (TPSA) is 18.5 Å². The molecule has 0 rings (SSSR count). The van der Waals surface area contributed by atoms with Crippen molar-refractivity contribution in [3.63, 3.8) is 0 Å². The molecular weight excluding hydrogens is 224 g/mol. The van der Waals surface area contributed by atoms with Gasteiger partial charge >= 0.3 is 0 Å². The molecule has 0 atom stereocenters. The lowest BCUT2D eigenvalue weighted by molar-refractivity contribution is 0.0367. The van der Waals surface area contributed by atoms with Gasteiger partial charge in [-0.15, -0.1) is 0 Å². The molecule has 2 nitrogen and oxygen atoms in total. The quantitative estimate of drug-likeness (QED) is 0.441. The van der Waals surface area contributed by atoms with Crippen LogP contribution in [0.5, 0.6) is 0 Å². The van der Waals surface area contributed by atoms with Crippen molar-refractivity contribution in [1.29, 1.82) is 0 Å². The van der Waals surface area contributed by atoms with E-state index in [1.165, 1.54) is 44.9 Å². The molecule has 0 bridgehead atoms. The van der Waals surface area contributed by atoms with Crippen molar-refractivity contribution < 1.29 is 9.47 Å². The Morgan fingerprint density at radius 1 is 0.722 bits per heavy atom. The lowest BCUT2D eigenvalue weighted by Crippen LogP contribution is -2.20. The van der Waals surface area contributed by atoms with Gasteiger partial charge in [0.1, 0.15) is 0 Å². The van der Waals surface area contributed by atoms with E-state index < -0.39 is 0 Å². The minimum atomic E-state index is 0.484. The molecule has 0 unspecified atom stereocenters. The predicted octanol–water partition coefficient (Wildman–Crippen LogP) is 4.82. The van der Waals surface area contributed by atoms with E-state index in [9.17, 15) is 0 Å². The summed E-state index contributed by atoms with van der Waals surface area (Å²) in [6.07, 6.45) is 9.17. The Balaban J connectivity index is 3.77. The van der Waals surface area contributed by atoms with Crippen molar-refractivity contribution in [1.82, 2.24) is 0 Å². The van der Waals surface area contributed by atoms with Crippen molar-refractivity contribution in [2.24, 2.45) is 5.41 Å². The zero-order valence-electron chi connectivity index (χ0n) is 13.1. The van der Waals surface area contributed by atoms with Crippen LogP contribution >= 0.6 is 0 Å². The molecular formula is C16H34O2. The van der Waals surface area contributed by atoms with Crippen LogP contribution < -0.4 is 0 Å². The third-order valence-corrected chi connectivity index (χ3v) is 3.69. The summed E-state index contributed by atoms with van der Waals surface area (Å²) in [4.78, 5) is 0. The standard InChI is InChI=1S/C16H34O2/c1-5-8-10-16(4,11-9-6-2)12-13-18-15-14-17-7-3/h5-15H2,1-4H3. The molecule has 0 saturated heterocycles. The summed E-state index contributed by atoms with van der Waals surface area (Å²) in [5, 5.41) is 0. The normalized spacial score (nSPS) is 12.0. The second-order valence-electron chi connectivity index (χ2n) is 5.58. The summed E-state index contributed by atoms with van der Waals surface area (Å²) in [5.74, 6) is 0. The maximum absolute atomic E-state index is 5.67. The van der Waals surface area contributed by atoms with E-state index in [1.807, 2.05) is 6.92 Å². The van der Waals surface area contributed by atoms with Crippen LogP contribution in [0, 0.1) is 5.41 Å². The Hall–Kier alpha value is -0.0800. The first-order valence-corrected chi connectivity index (χ1v) is 7.84. The van der Waals surface area contributed by atoms with E-state index in [0.717, 1.165) is 26.4 Å². The monoisotopic (exact) mass is 258 g/mol. The molecule has 0 amide bonds. The molecule has 0 aliphatic heterocycles. The zero-order valence-corrected chi connectivity index (χ0v) is 13.1. The van der Waals surface area contributed by atoms with Gasteiger partial charge in [-0.25, -0.2) is 0 Å². The molecule has 0 aromatic heterocycles. The maximum Gasteiger partial charge on any atom is 0.0700 e. The van der Waals surface area contributed by atoms with Crippen LogP contribution in [0.25, 0.3) is 0 Å². The molecule has 0 aliphatic carbocycles. The summed E-state index contributed by atoms with van der Waals surface area (Å²) in [7, 11) is 0. The fourth-order valence-electron chi connectivity index (χ4n) is 2.26. The van der Waals surface area contributed by atoms with Gasteiger partial charge in [0, 0.05) is 13.2 Å². The van der Waals surface area contributed by atoms with E-state index in [1.54, 1.807) is 0 Å². The van der Waals surface area contributed by atoms with E-state index in [4.69, 9.17) is 9.47 Å². The Morgan fingerprint density at radius 3 is 1.78 bits per heavy atom. The highest BCUT2D eigenvalue weighted by Crippen LogP contribution is 2.34. The second-order valence-corrected chi connectivity index (χ2v) is 5.58. The highest BCUT2D eigenvalue weighted by molar-refractivity contribution is 4.74. The Morgan fingerprint density at radius 2 is 1.28 bits per heavy atom. The van der Waals surface area contributed by atoms with Gasteiger partial charge in [0.15, 0.2) is 0 Å². The molecule has 110 valence electrons. The summed E-state index contributed by atoms with van der Waals surface area (Å²) in [6.45, 7) is 12.2. The molecule has 2 heteroatoms. The minimum absolute atomic E-state index is 0.484.